The summed E-state index contributed by atoms with van der Waals surface area (Å²) in [6.07, 6.45) is 0.885. The predicted octanol–water partition coefficient (Wildman–Crippen LogP) is 2.98. The van der Waals surface area contributed by atoms with Gasteiger partial charge >= 0.3 is 0 Å². The van der Waals surface area contributed by atoms with Crippen LogP contribution in [0.15, 0.2) is 48.0 Å². The van der Waals surface area contributed by atoms with Crippen LogP contribution < -0.4 is 14.8 Å². The number of aryl methyl sites for hydroxylation is 1. The maximum atomic E-state index is 12.4. The Hall–Kier alpha value is -3.28. The van der Waals surface area contributed by atoms with Gasteiger partial charge in [0.25, 0.3) is 11.7 Å². The van der Waals surface area contributed by atoms with Gasteiger partial charge in [-0.3, -0.25) is 9.59 Å². The van der Waals surface area contributed by atoms with Crippen molar-refractivity contribution < 1.29 is 24.2 Å². The first-order valence-corrected chi connectivity index (χ1v) is 8.59. The van der Waals surface area contributed by atoms with Crippen LogP contribution in [-0.2, 0) is 16.0 Å². The lowest BCUT2D eigenvalue weighted by Crippen LogP contribution is -2.21. The molecule has 1 saturated heterocycles. The van der Waals surface area contributed by atoms with E-state index >= 15 is 0 Å². The number of ketones is 1. The number of rotatable bonds is 5. The first kappa shape index (κ1) is 18.5. The lowest BCUT2D eigenvalue weighted by molar-refractivity contribution is -0.133. The number of ether oxygens (including phenoxy) is 2. The highest BCUT2D eigenvalue weighted by atomic mass is 16.5. The molecule has 0 saturated carbocycles. The molecule has 6 nitrogen and oxygen atoms in total. The van der Waals surface area contributed by atoms with Crippen molar-refractivity contribution in [3.8, 4) is 11.5 Å². The quantitative estimate of drug-likeness (QED) is 0.482. The van der Waals surface area contributed by atoms with Crippen molar-refractivity contribution in [3.05, 3.63) is 64.7 Å². The van der Waals surface area contributed by atoms with Crippen LogP contribution in [0.5, 0.6) is 11.5 Å². The summed E-state index contributed by atoms with van der Waals surface area (Å²) in [5.74, 6) is -0.828. The van der Waals surface area contributed by atoms with Gasteiger partial charge in [-0.2, -0.15) is 0 Å². The fourth-order valence-corrected chi connectivity index (χ4v) is 3.10. The van der Waals surface area contributed by atoms with Gasteiger partial charge in [0.05, 0.1) is 25.8 Å². The highest BCUT2D eigenvalue weighted by molar-refractivity contribution is 6.46. The molecule has 1 heterocycles. The van der Waals surface area contributed by atoms with E-state index in [0.717, 1.165) is 17.5 Å². The molecule has 3 rings (SSSR count). The van der Waals surface area contributed by atoms with Crippen molar-refractivity contribution in [3.63, 3.8) is 0 Å². The van der Waals surface area contributed by atoms with E-state index in [0.29, 0.717) is 17.1 Å². The molecule has 0 aromatic heterocycles. The molecule has 1 aliphatic rings. The summed E-state index contributed by atoms with van der Waals surface area (Å²) in [6, 6.07) is 11.7. The molecule has 0 spiro atoms. The zero-order chi connectivity index (χ0) is 19.6. The Labute approximate surface area is 157 Å². The molecule has 0 radical (unpaired) electrons. The van der Waals surface area contributed by atoms with Crippen LogP contribution in [0.3, 0.4) is 0 Å². The number of nitrogens with one attached hydrogen (secondary N) is 1. The van der Waals surface area contributed by atoms with Crippen molar-refractivity contribution in [2.45, 2.75) is 19.4 Å². The highest BCUT2D eigenvalue weighted by Gasteiger charge is 2.39. The summed E-state index contributed by atoms with van der Waals surface area (Å²) in [5, 5.41) is 13.4. The zero-order valence-corrected chi connectivity index (χ0v) is 15.4. The van der Waals surface area contributed by atoms with Crippen LogP contribution in [0.25, 0.3) is 5.76 Å². The van der Waals surface area contributed by atoms with Crippen LogP contribution in [0.2, 0.25) is 0 Å². The first-order valence-electron chi connectivity index (χ1n) is 8.59. The molecule has 27 heavy (non-hydrogen) atoms. The molecule has 0 bridgehead atoms. The third kappa shape index (κ3) is 3.38. The third-order valence-electron chi connectivity index (χ3n) is 4.65. The summed E-state index contributed by atoms with van der Waals surface area (Å²) in [6.45, 7) is 2.05. The van der Waals surface area contributed by atoms with E-state index in [4.69, 9.17) is 9.47 Å². The molecular formula is C21H21NO5. The average molecular weight is 367 g/mol. The lowest BCUT2D eigenvalue weighted by Gasteiger charge is -2.15. The standard InChI is InChI=1S/C21H21NO5/c1-4-12-5-7-13(8-6-12)18-17(20(24)21(25)22-18)19(23)14-9-10-15(26-2)16(11-14)27-3/h5-11,18,23H,4H2,1-3H3,(H,22,25)/t18-/m0/s1. The van der Waals surface area contributed by atoms with Crippen LogP contribution in [0, 0.1) is 0 Å². The van der Waals surface area contributed by atoms with Crippen LogP contribution in [0.1, 0.15) is 29.7 Å². The molecular weight excluding hydrogens is 346 g/mol. The molecule has 1 fully saturated rings. The number of hydrogen-bond donors (Lipinski definition) is 2. The number of aliphatic hydroxyl groups is 1. The van der Waals surface area contributed by atoms with E-state index in [1.54, 1.807) is 18.2 Å². The summed E-state index contributed by atoms with van der Waals surface area (Å²) in [4.78, 5) is 24.4. The maximum absolute atomic E-state index is 12.4. The van der Waals surface area contributed by atoms with Crippen molar-refractivity contribution in [2.24, 2.45) is 0 Å². The van der Waals surface area contributed by atoms with Gasteiger partial charge in [-0.05, 0) is 35.7 Å². The second-order valence-corrected chi connectivity index (χ2v) is 6.16. The van der Waals surface area contributed by atoms with Gasteiger partial charge in [0.1, 0.15) is 5.76 Å². The second kappa shape index (κ2) is 7.53. The fourth-order valence-electron chi connectivity index (χ4n) is 3.10. The molecule has 2 N–H and O–H groups in total. The number of methoxy groups -OCH3 is 2. The number of carbonyl (C=O) groups is 2. The highest BCUT2D eigenvalue weighted by Crippen LogP contribution is 2.36. The number of aliphatic hydroxyl groups excluding tert-OH is 1. The summed E-state index contributed by atoms with van der Waals surface area (Å²) < 4.78 is 10.4. The van der Waals surface area contributed by atoms with Crippen LogP contribution in [-0.4, -0.2) is 31.0 Å². The minimum Gasteiger partial charge on any atom is -0.507 e. The van der Waals surface area contributed by atoms with Crippen LogP contribution in [0.4, 0.5) is 0 Å². The van der Waals surface area contributed by atoms with Gasteiger partial charge in [0, 0.05) is 5.56 Å². The number of benzene rings is 2. The van der Waals surface area contributed by atoms with Gasteiger partial charge < -0.3 is 19.9 Å². The summed E-state index contributed by atoms with van der Waals surface area (Å²) in [7, 11) is 2.99. The summed E-state index contributed by atoms with van der Waals surface area (Å²) >= 11 is 0. The smallest absolute Gasteiger partial charge is 0.293 e. The Kier molecular flexibility index (Phi) is 5.16. The van der Waals surface area contributed by atoms with Crippen molar-refractivity contribution in [1.82, 2.24) is 5.32 Å². The normalized spacial score (nSPS) is 18.3. The van der Waals surface area contributed by atoms with Gasteiger partial charge in [-0.1, -0.05) is 31.2 Å². The maximum Gasteiger partial charge on any atom is 0.293 e. The molecule has 140 valence electrons. The molecule has 0 unspecified atom stereocenters. The average Bonchev–Trinajstić information content (AvgIpc) is 3.01. The molecule has 1 atom stereocenters. The van der Waals surface area contributed by atoms with E-state index in [2.05, 4.69) is 5.32 Å². The topological polar surface area (TPSA) is 84.9 Å². The van der Waals surface area contributed by atoms with Gasteiger partial charge in [-0.15, -0.1) is 0 Å². The Morgan fingerprint density at radius 2 is 1.70 bits per heavy atom. The zero-order valence-electron chi connectivity index (χ0n) is 15.4. The number of Topliss-reactive ketones (excluding diaryl/α,β-unsaturated/α-hetero) is 1. The second-order valence-electron chi connectivity index (χ2n) is 6.16. The summed E-state index contributed by atoms with van der Waals surface area (Å²) in [5.41, 5.74) is 2.26. The van der Waals surface area contributed by atoms with Gasteiger partial charge in [0.2, 0.25) is 0 Å². The van der Waals surface area contributed by atoms with Gasteiger partial charge in [-0.25, -0.2) is 0 Å². The van der Waals surface area contributed by atoms with E-state index in [1.807, 2.05) is 31.2 Å². The van der Waals surface area contributed by atoms with E-state index in [1.165, 1.54) is 14.2 Å². The third-order valence-corrected chi connectivity index (χ3v) is 4.65. The number of hydrogen-bond acceptors (Lipinski definition) is 5. The van der Waals surface area contributed by atoms with Crippen LogP contribution >= 0.6 is 0 Å². The van der Waals surface area contributed by atoms with Crippen molar-refractivity contribution >= 4 is 17.4 Å². The molecule has 6 heteroatoms. The number of carbonyl (C=O) groups excluding carboxylic acids is 2. The van der Waals surface area contributed by atoms with Crippen molar-refractivity contribution in [2.75, 3.05) is 14.2 Å². The van der Waals surface area contributed by atoms with E-state index in [9.17, 15) is 14.7 Å². The molecule has 1 aliphatic heterocycles. The van der Waals surface area contributed by atoms with E-state index in [-0.39, 0.29) is 11.3 Å². The Morgan fingerprint density at radius 1 is 1.04 bits per heavy atom. The Balaban J connectivity index is 2.08. The Morgan fingerprint density at radius 3 is 2.30 bits per heavy atom. The monoisotopic (exact) mass is 367 g/mol. The first-order chi connectivity index (χ1) is 13.0. The minimum atomic E-state index is -0.744. The largest absolute Gasteiger partial charge is 0.507 e. The Bertz CT molecular complexity index is 915. The molecule has 0 aliphatic carbocycles. The molecule has 2 aromatic carbocycles. The molecule has 1 amide bonds. The predicted molar refractivity (Wildman–Crippen MR) is 101 cm³/mol. The minimum absolute atomic E-state index is 0.0245. The molecule has 2 aromatic rings. The SMILES string of the molecule is CCc1ccc([C@@H]2NC(=O)C(=O)C2=C(O)c2ccc(OC)c(OC)c2)cc1. The van der Waals surface area contributed by atoms with Gasteiger partial charge in [0.15, 0.2) is 11.5 Å². The van der Waals surface area contributed by atoms with E-state index < -0.39 is 17.7 Å². The number of amides is 1. The lowest BCUT2D eigenvalue weighted by atomic mass is 9.95. The fraction of sp³-hybridized carbons (Fsp3) is 0.238. The van der Waals surface area contributed by atoms with Crippen molar-refractivity contribution in [1.29, 1.82) is 0 Å².